The van der Waals surface area contributed by atoms with Gasteiger partial charge >= 0.3 is 12.1 Å². The molecule has 27 heavy (non-hydrogen) atoms. The number of fused-ring (bicyclic) bond motifs is 1. The highest BCUT2D eigenvalue weighted by atomic mass is 35.5. The number of pyridine rings is 1. The Morgan fingerprint density at radius 1 is 1.30 bits per heavy atom. The van der Waals surface area contributed by atoms with E-state index >= 15 is 0 Å². The molecule has 3 rings (SSSR count). The minimum Gasteiger partial charge on any atom is -0.478 e. The maximum Gasteiger partial charge on any atom is 0.417 e. The van der Waals surface area contributed by atoms with Crippen LogP contribution < -0.4 is 0 Å². The quantitative estimate of drug-likeness (QED) is 0.522. The van der Waals surface area contributed by atoms with Crippen molar-refractivity contribution in [2.75, 3.05) is 0 Å². The first kappa shape index (κ1) is 18.8. The summed E-state index contributed by atoms with van der Waals surface area (Å²) in [6.07, 6.45) is -2.03. The summed E-state index contributed by atoms with van der Waals surface area (Å²) < 4.78 is 53.5. The smallest absolute Gasteiger partial charge is 0.417 e. The predicted molar refractivity (Wildman–Crippen MR) is 89.7 cm³/mol. The molecular weight excluding hydrogens is 390 g/mol. The van der Waals surface area contributed by atoms with E-state index in [0.717, 1.165) is 30.4 Å². The second-order valence-corrected chi connectivity index (χ2v) is 5.95. The lowest BCUT2D eigenvalue weighted by Gasteiger charge is -2.08. The van der Waals surface area contributed by atoms with Crippen LogP contribution in [0.15, 0.2) is 36.5 Å². The molecule has 1 N–H and O–H groups in total. The first-order chi connectivity index (χ1) is 12.6. The molecular formula is C17H10ClF4N3O2. The van der Waals surface area contributed by atoms with E-state index in [-0.39, 0.29) is 28.3 Å². The molecule has 0 saturated heterocycles. The van der Waals surface area contributed by atoms with Gasteiger partial charge in [-0.05, 0) is 29.8 Å². The van der Waals surface area contributed by atoms with Crippen molar-refractivity contribution < 1.29 is 27.5 Å². The van der Waals surface area contributed by atoms with Crippen LogP contribution in [0.2, 0.25) is 5.02 Å². The second-order valence-electron chi connectivity index (χ2n) is 5.54. The SMILES string of the molecule is O=C(O)C=Cc1nn(Cc2ccc(F)cc2Cl)c2cc(C(F)(F)F)cnc12. The largest absolute Gasteiger partial charge is 0.478 e. The van der Waals surface area contributed by atoms with E-state index in [9.17, 15) is 22.4 Å². The average molecular weight is 400 g/mol. The number of halogens is 5. The van der Waals surface area contributed by atoms with Crippen molar-refractivity contribution in [3.63, 3.8) is 0 Å². The molecule has 0 unspecified atom stereocenters. The number of aromatic nitrogens is 3. The van der Waals surface area contributed by atoms with Crippen LogP contribution in [0.3, 0.4) is 0 Å². The van der Waals surface area contributed by atoms with Gasteiger partial charge in [-0.15, -0.1) is 0 Å². The van der Waals surface area contributed by atoms with Crippen LogP contribution in [0.25, 0.3) is 17.1 Å². The van der Waals surface area contributed by atoms with Crippen molar-refractivity contribution in [3.05, 3.63) is 64.2 Å². The molecule has 0 aliphatic carbocycles. The van der Waals surface area contributed by atoms with Gasteiger partial charge in [-0.2, -0.15) is 18.3 Å². The van der Waals surface area contributed by atoms with Crippen LogP contribution in [0.1, 0.15) is 16.8 Å². The minimum absolute atomic E-state index is 0.0373. The lowest BCUT2D eigenvalue weighted by atomic mass is 10.2. The van der Waals surface area contributed by atoms with E-state index in [1.54, 1.807) is 0 Å². The second kappa shape index (κ2) is 6.99. The molecule has 0 amide bonds. The van der Waals surface area contributed by atoms with Gasteiger partial charge in [0.05, 0.1) is 17.6 Å². The van der Waals surface area contributed by atoms with Crippen molar-refractivity contribution in [3.8, 4) is 0 Å². The molecule has 0 atom stereocenters. The number of aliphatic carboxylic acids is 1. The summed E-state index contributed by atoms with van der Waals surface area (Å²) in [5, 5.41) is 13.0. The van der Waals surface area contributed by atoms with Crippen LogP contribution in [0.5, 0.6) is 0 Å². The molecule has 2 aromatic heterocycles. The van der Waals surface area contributed by atoms with E-state index in [4.69, 9.17) is 16.7 Å². The van der Waals surface area contributed by atoms with Crippen molar-refractivity contribution in [1.29, 1.82) is 0 Å². The number of hydrogen-bond donors (Lipinski definition) is 1. The Kier molecular flexibility index (Phi) is 4.88. The number of carbonyl (C=O) groups is 1. The normalized spacial score (nSPS) is 12.2. The summed E-state index contributed by atoms with van der Waals surface area (Å²) in [5.74, 6) is -1.80. The molecule has 3 aromatic rings. The van der Waals surface area contributed by atoms with Crippen LogP contribution in [-0.4, -0.2) is 25.8 Å². The Balaban J connectivity index is 2.15. The highest BCUT2D eigenvalue weighted by Gasteiger charge is 2.32. The number of alkyl halides is 3. The Morgan fingerprint density at radius 3 is 2.67 bits per heavy atom. The Bertz CT molecular complexity index is 1060. The first-order valence-corrected chi connectivity index (χ1v) is 7.81. The molecule has 1 aromatic carbocycles. The minimum atomic E-state index is -4.61. The Hall–Kier alpha value is -2.94. The van der Waals surface area contributed by atoms with Crippen LogP contribution >= 0.6 is 11.6 Å². The third kappa shape index (κ3) is 4.08. The predicted octanol–water partition coefficient (Wildman–Crippen LogP) is 4.39. The zero-order chi connectivity index (χ0) is 19.8. The fourth-order valence-electron chi connectivity index (χ4n) is 2.43. The summed E-state index contributed by atoms with van der Waals surface area (Å²) in [4.78, 5) is 14.5. The zero-order valence-electron chi connectivity index (χ0n) is 13.3. The van der Waals surface area contributed by atoms with Crippen LogP contribution in [0.4, 0.5) is 17.6 Å². The number of rotatable bonds is 4. The molecule has 0 spiro atoms. The Morgan fingerprint density at radius 2 is 2.04 bits per heavy atom. The highest BCUT2D eigenvalue weighted by Crippen LogP contribution is 2.31. The van der Waals surface area contributed by atoms with Gasteiger partial charge in [-0.25, -0.2) is 9.18 Å². The monoisotopic (exact) mass is 399 g/mol. The standard InChI is InChI=1S/C17H10ClF4N3O2/c18-12-6-11(19)2-1-9(12)8-25-14-5-10(17(20,21)22)7-23-16(14)13(24-25)3-4-15(26)27/h1-7H,8H2,(H,26,27). The molecule has 5 nitrogen and oxygen atoms in total. The molecule has 0 saturated carbocycles. The van der Waals surface area contributed by atoms with E-state index in [1.165, 1.54) is 10.7 Å². The molecule has 140 valence electrons. The van der Waals surface area contributed by atoms with Gasteiger partial charge in [0.25, 0.3) is 0 Å². The topological polar surface area (TPSA) is 68.0 Å². The summed E-state index contributed by atoms with van der Waals surface area (Å²) >= 11 is 5.98. The van der Waals surface area contributed by atoms with E-state index < -0.39 is 23.5 Å². The van der Waals surface area contributed by atoms with Crippen LogP contribution in [0, 0.1) is 5.82 Å². The van der Waals surface area contributed by atoms with Gasteiger partial charge in [0, 0.05) is 17.3 Å². The summed E-state index contributed by atoms with van der Waals surface area (Å²) in [5.41, 5.74) is -0.336. The lowest BCUT2D eigenvalue weighted by Crippen LogP contribution is -2.07. The molecule has 0 radical (unpaired) electrons. The van der Waals surface area contributed by atoms with E-state index in [0.29, 0.717) is 11.8 Å². The van der Waals surface area contributed by atoms with Gasteiger partial charge in [-0.1, -0.05) is 17.7 Å². The number of benzene rings is 1. The van der Waals surface area contributed by atoms with Crippen molar-refractivity contribution in [1.82, 2.24) is 14.8 Å². The highest BCUT2D eigenvalue weighted by molar-refractivity contribution is 6.31. The summed E-state index contributed by atoms with van der Waals surface area (Å²) in [6, 6.07) is 4.49. The average Bonchev–Trinajstić information content (AvgIpc) is 2.92. The van der Waals surface area contributed by atoms with E-state index in [2.05, 4.69) is 10.1 Å². The van der Waals surface area contributed by atoms with E-state index in [1.807, 2.05) is 0 Å². The molecule has 0 fully saturated rings. The molecule has 2 heterocycles. The van der Waals surface area contributed by atoms with Crippen molar-refractivity contribution >= 4 is 34.7 Å². The summed E-state index contributed by atoms with van der Waals surface area (Å²) in [6.45, 7) is -0.0560. The Labute approximate surface area is 154 Å². The molecule has 10 heteroatoms. The zero-order valence-corrected chi connectivity index (χ0v) is 14.1. The molecule has 0 aliphatic heterocycles. The van der Waals surface area contributed by atoms with Crippen molar-refractivity contribution in [2.24, 2.45) is 0 Å². The van der Waals surface area contributed by atoms with Gasteiger partial charge in [0.15, 0.2) is 0 Å². The third-order valence-electron chi connectivity index (χ3n) is 3.66. The number of hydrogen-bond acceptors (Lipinski definition) is 3. The van der Waals surface area contributed by atoms with Gasteiger partial charge < -0.3 is 5.11 Å². The van der Waals surface area contributed by atoms with Gasteiger partial charge in [0.2, 0.25) is 0 Å². The van der Waals surface area contributed by atoms with Gasteiger partial charge in [0.1, 0.15) is 17.0 Å². The van der Waals surface area contributed by atoms with Gasteiger partial charge in [-0.3, -0.25) is 9.67 Å². The fraction of sp³-hybridized carbons (Fsp3) is 0.118. The van der Waals surface area contributed by atoms with Crippen molar-refractivity contribution in [2.45, 2.75) is 12.7 Å². The lowest BCUT2D eigenvalue weighted by molar-refractivity contribution is -0.137. The summed E-state index contributed by atoms with van der Waals surface area (Å²) in [7, 11) is 0. The fourth-order valence-corrected chi connectivity index (χ4v) is 2.65. The number of carboxylic acids is 1. The maximum atomic E-state index is 13.2. The number of carboxylic acid groups (broad SMARTS) is 1. The molecule has 0 aliphatic rings. The van der Waals surface area contributed by atoms with Crippen LogP contribution in [-0.2, 0) is 17.5 Å². The molecule has 0 bridgehead atoms. The first-order valence-electron chi connectivity index (χ1n) is 7.44. The maximum absolute atomic E-state index is 13.2. The third-order valence-corrected chi connectivity index (χ3v) is 4.01. The number of nitrogens with zero attached hydrogens (tertiary/aromatic N) is 3.